The molecule has 1 unspecified atom stereocenters. The number of nitrogens with one attached hydrogen (secondary N) is 2. The van der Waals surface area contributed by atoms with Crippen molar-refractivity contribution in [2.75, 3.05) is 19.6 Å². The van der Waals surface area contributed by atoms with Crippen molar-refractivity contribution in [2.24, 2.45) is 5.84 Å². The maximum atomic E-state index is 11.4. The van der Waals surface area contributed by atoms with Gasteiger partial charge in [0.15, 0.2) is 0 Å². The molecule has 0 fully saturated rings. The fraction of sp³-hybridized carbons (Fsp3) is 0.800. The second-order valence-electron chi connectivity index (χ2n) is 3.64. The minimum Gasteiger partial charge on any atom is -0.355 e. The summed E-state index contributed by atoms with van der Waals surface area (Å²) in [6.07, 6.45) is 0.295. The summed E-state index contributed by atoms with van der Waals surface area (Å²) in [6.45, 7) is 7.38. The highest BCUT2D eigenvalue weighted by Crippen LogP contribution is 2.02. The molecule has 6 heteroatoms. The number of carbonyl (C=O) groups excluding carboxylic acids is 2. The molecule has 0 aromatic rings. The fourth-order valence-electron chi connectivity index (χ4n) is 1.47. The van der Waals surface area contributed by atoms with Gasteiger partial charge in [-0.2, -0.15) is 0 Å². The Hall–Kier alpha value is -1.14. The first kappa shape index (κ1) is 14.9. The number of nitrogens with zero attached hydrogens (tertiary/aromatic N) is 1. The van der Waals surface area contributed by atoms with E-state index in [0.717, 1.165) is 6.54 Å². The van der Waals surface area contributed by atoms with Crippen molar-refractivity contribution in [3.05, 3.63) is 0 Å². The molecule has 0 heterocycles. The lowest BCUT2D eigenvalue weighted by atomic mass is 10.2. The fourth-order valence-corrected chi connectivity index (χ4v) is 1.47. The van der Waals surface area contributed by atoms with E-state index in [1.54, 1.807) is 0 Å². The summed E-state index contributed by atoms with van der Waals surface area (Å²) in [5.41, 5.74) is 2.09. The van der Waals surface area contributed by atoms with Crippen molar-refractivity contribution < 1.29 is 9.59 Å². The molecular formula is C10H22N4O2. The van der Waals surface area contributed by atoms with Crippen molar-refractivity contribution in [3.8, 4) is 0 Å². The lowest BCUT2D eigenvalue weighted by molar-refractivity contribution is -0.125. The lowest BCUT2D eigenvalue weighted by Crippen LogP contribution is -2.44. The van der Waals surface area contributed by atoms with Crippen LogP contribution in [0.25, 0.3) is 0 Å². The summed E-state index contributed by atoms with van der Waals surface area (Å²) in [5, 5.41) is 2.73. The second kappa shape index (κ2) is 8.06. The number of nitrogens with two attached hydrogens (primary N) is 1. The Labute approximate surface area is 96.5 Å². The van der Waals surface area contributed by atoms with E-state index in [1.807, 2.05) is 25.7 Å². The minimum atomic E-state index is -0.221. The molecule has 0 aliphatic carbocycles. The van der Waals surface area contributed by atoms with Crippen LogP contribution in [0, 0.1) is 0 Å². The van der Waals surface area contributed by atoms with Crippen LogP contribution in [0.15, 0.2) is 0 Å². The summed E-state index contributed by atoms with van der Waals surface area (Å²) < 4.78 is 0. The molecule has 0 aromatic carbocycles. The molecule has 0 aliphatic rings. The normalized spacial score (nSPS) is 12.3. The van der Waals surface area contributed by atoms with Gasteiger partial charge in [0, 0.05) is 19.0 Å². The van der Waals surface area contributed by atoms with Gasteiger partial charge in [-0.3, -0.25) is 19.9 Å². The first-order valence-corrected chi connectivity index (χ1v) is 5.55. The molecule has 16 heavy (non-hydrogen) atoms. The topological polar surface area (TPSA) is 87.5 Å². The van der Waals surface area contributed by atoms with Crippen LogP contribution in [0.4, 0.5) is 0 Å². The first-order chi connectivity index (χ1) is 7.54. The Morgan fingerprint density at radius 2 is 1.94 bits per heavy atom. The number of amides is 2. The third-order valence-corrected chi connectivity index (χ3v) is 2.39. The zero-order valence-corrected chi connectivity index (χ0v) is 10.2. The highest BCUT2D eigenvalue weighted by Gasteiger charge is 2.17. The molecule has 0 saturated heterocycles. The number of rotatable bonds is 7. The van der Waals surface area contributed by atoms with Gasteiger partial charge >= 0.3 is 0 Å². The molecule has 0 spiro atoms. The summed E-state index contributed by atoms with van der Waals surface area (Å²) in [5.74, 6) is 4.77. The van der Waals surface area contributed by atoms with Gasteiger partial charge in [-0.25, -0.2) is 5.84 Å². The van der Waals surface area contributed by atoms with Gasteiger partial charge in [-0.15, -0.1) is 0 Å². The van der Waals surface area contributed by atoms with Crippen molar-refractivity contribution >= 4 is 11.8 Å². The monoisotopic (exact) mass is 230 g/mol. The Morgan fingerprint density at radius 3 is 2.38 bits per heavy atom. The van der Waals surface area contributed by atoms with Gasteiger partial charge in [0.1, 0.15) is 0 Å². The van der Waals surface area contributed by atoms with Crippen molar-refractivity contribution in [1.29, 1.82) is 0 Å². The number of hydrogen-bond donors (Lipinski definition) is 3. The van der Waals surface area contributed by atoms with Crippen molar-refractivity contribution in [3.63, 3.8) is 0 Å². The number of hydrogen-bond acceptors (Lipinski definition) is 4. The Kier molecular flexibility index (Phi) is 7.49. The Bertz CT molecular complexity index is 233. The van der Waals surface area contributed by atoms with E-state index in [-0.39, 0.29) is 17.9 Å². The zero-order valence-electron chi connectivity index (χ0n) is 10.2. The van der Waals surface area contributed by atoms with Crippen molar-refractivity contribution in [1.82, 2.24) is 15.6 Å². The molecule has 0 radical (unpaired) electrons. The van der Waals surface area contributed by atoms with E-state index in [0.29, 0.717) is 19.5 Å². The highest BCUT2D eigenvalue weighted by atomic mass is 16.2. The molecule has 2 amide bonds. The summed E-state index contributed by atoms with van der Waals surface area (Å²) in [6, 6.07) is -0.00356. The van der Waals surface area contributed by atoms with Crippen molar-refractivity contribution in [2.45, 2.75) is 33.2 Å². The van der Waals surface area contributed by atoms with Crippen LogP contribution in [0.5, 0.6) is 0 Å². The Morgan fingerprint density at radius 1 is 1.31 bits per heavy atom. The molecule has 0 bridgehead atoms. The van der Waals surface area contributed by atoms with Crippen LogP contribution in [-0.4, -0.2) is 42.4 Å². The average Bonchev–Trinajstić information content (AvgIpc) is 2.25. The number of hydrazine groups is 1. The van der Waals surface area contributed by atoms with Gasteiger partial charge in [-0.05, 0) is 20.4 Å². The first-order valence-electron chi connectivity index (χ1n) is 5.55. The molecule has 0 saturated carbocycles. The minimum absolute atomic E-state index is 0.00356. The quantitative estimate of drug-likeness (QED) is 0.304. The SMILES string of the molecule is CCNC(=O)CN(CC)C(C)CC(=O)NN. The van der Waals surface area contributed by atoms with Gasteiger partial charge in [-0.1, -0.05) is 6.92 Å². The van der Waals surface area contributed by atoms with E-state index < -0.39 is 0 Å². The molecule has 4 N–H and O–H groups in total. The lowest BCUT2D eigenvalue weighted by Gasteiger charge is -2.26. The maximum Gasteiger partial charge on any atom is 0.235 e. The molecule has 0 rings (SSSR count). The van der Waals surface area contributed by atoms with E-state index >= 15 is 0 Å². The second-order valence-corrected chi connectivity index (χ2v) is 3.64. The largest absolute Gasteiger partial charge is 0.355 e. The van der Waals surface area contributed by atoms with Crippen LogP contribution >= 0.6 is 0 Å². The van der Waals surface area contributed by atoms with Crippen LogP contribution in [-0.2, 0) is 9.59 Å². The smallest absolute Gasteiger partial charge is 0.235 e. The van der Waals surface area contributed by atoms with E-state index in [2.05, 4.69) is 10.7 Å². The Balaban J connectivity index is 4.15. The summed E-state index contributed by atoms with van der Waals surface area (Å²) in [7, 11) is 0. The van der Waals surface area contributed by atoms with Gasteiger partial charge in [0.2, 0.25) is 11.8 Å². The number of likely N-dealkylation sites (N-methyl/N-ethyl adjacent to an activating group) is 2. The van der Waals surface area contributed by atoms with Crippen LogP contribution in [0.3, 0.4) is 0 Å². The molecule has 1 atom stereocenters. The predicted molar refractivity (Wildman–Crippen MR) is 62.3 cm³/mol. The molecule has 0 aliphatic heterocycles. The van der Waals surface area contributed by atoms with Gasteiger partial charge in [0.05, 0.1) is 6.54 Å². The van der Waals surface area contributed by atoms with Gasteiger partial charge in [0.25, 0.3) is 0 Å². The van der Waals surface area contributed by atoms with Gasteiger partial charge < -0.3 is 5.32 Å². The van der Waals surface area contributed by atoms with E-state index in [4.69, 9.17) is 5.84 Å². The highest BCUT2D eigenvalue weighted by molar-refractivity contribution is 5.78. The molecule has 94 valence electrons. The molecular weight excluding hydrogens is 208 g/mol. The van der Waals surface area contributed by atoms with E-state index in [9.17, 15) is 9.59 Å². The maximum absolute atomic E-state index is 11.4. The van der Waals surface area contributed by atoms with Crippen LogP contribution < -0.4 is 16.6 Å². The zero-order chi connectivity index (χ0) is 12.6. The summed E-state index contributed by atoms with van der Waals surface area (Å²) >= 11 is 0. The molecule has 0 aromatic heterocycles. The predicted octanol–water partition coefficient (Wildman–Crippen LogP) is -0.787. The number of carbonyl (C=O) groups is 2. The van der Waals surface area contributed by atoms with Crippen LogP contribution in [0.2, 0.25) is 0 Å². The molecule has 6 nitrogen and oxygen atoms in total. The third kappa shape index (κ3) is 5.67. The third-order valence-electron chi connectivity index (χ3n) is 2.39. The standard InChI is InChI=1S/C10H22N4O2/c1-4-12-10(16)7-14(5-2)8(3)6-9(15)13-11/h8H,4-7,11H2,1-3H3,(H,12,16)(H,13,15). The summed E-state index contributed by atoms with van der Waals surface area (Å²) in [4.78, 5) is 24.4. The van der Waals surface area contributed by atoms with E-state index in [1.165, 1.54) is 0 Å². The van der Waals surface area contributed by atoms with Crippen LogP contribution in [0.1, 0.15) is 27.2 Å². The average molecular weight is 230 g/mol.